The zero-order valence-corrected chi connectivity index (χ0v) is 17.3. The van der Waals surface area contributed by atoms with Gasteiger partial charge in [0.15, 0.2) is 0 Å². The van der Waals surface area contributed by atoms with Gasteiger partial charge in [0.05, 0.1) is 22.4 Å². The van der Waals surface area contributed by atoms with Gasteiger partial charge in [0, 0.05) is 50.0 Å². The minimum atomic E-state index is -4.50. The summed E-state index contributed by atoms with van der Waals surface area (Å²) < 4.78 is 39.9. The lowest BCUT2D eigenvalue weighted by molar-refractivity contribution is -0.137. The Morgan fingerprint density at radius 3 is 2.58 bits per heavy atom. The summed E-state index contributed by atoms with van der Waals surface area (Å²) in [5.41, 5.74) is 1.82. The smallest absolute Gasteiger partial charge is 0.367 e. The van der Waals surface area contributed by atoms with Gasteiger partial charge in [0.1, 0.15) is 5.69 Å². The van der Waals surface area contributed by atoms with Gasteiger partial charge >= 0.3 is 6.18 Å². The Morgan fingerprint density at radius 1 is 1.13 bits per heavy atom. The fourth-order valence-electron chi connectivity index (χ4n) is 3.46. The molecule has 0 unspecified atom stereocenters. The van der Waals surface area contributed by atoms with Gasteiger partial charge in [-0.15, -0.1) is 11.3 Å². The predicted octanol–water partition coefficient (Wildman–Crippen LogP) is 4.13. The summed E-state index contributed by atoms with van der Waals surface area (Å²) in [5, 5.41) is 2.62. The van der Waals surface area contributed by atoms with Crippen molar-refractivity contribution in [3.8, 4) is 0 Å². The SMILES string of the molecule is O=C(Nc1cc(C(F)(F)F)ccc1N1CCN(Cc2cncs2)CC1)c1ccccn1. The van der Waals surface area contributed by atoms with Crippen LogP contribution in [0.3, 0.4) is 0 Å². The highest BCUT2D eigenvalue weighted by atomic mass is 32.1. The summed E-state index contributed by atoms with van der Waals surface area (Å²) in [4.78, 5) is 26.1. The van der Waals surface area contributed by atoms with Crippen LogP contribution in [0.4, 0.5) is 24.5 Å². The van der Waals surface area contributed by atoms with E-state index in [1.54, 1.807) is 29.0 Å². The Bertz CT molecular complexity index is 1020. The molecule has 2 aromatic heterocycles. The molecule has 10 heteroatoms. The highest BCUT2D eigenvalue weighted by Gasteiger charge is 2.32. The molecule has 0 spiro atoms. The van der Waals surface area contributed by atoms with E-state index in [4.69, 9.17) is 0 Å². The van der Waals surface area contributed by atoms with Crippen LogP contribution in [0.25, 0.3) is 0 Å². The summed E-state index contributed by atoms with van der Waals surface area (Å²) >= 11 is 1.60. The molecular weight excluding hydrogens is 427 g/mol. The summed E-state index contributed by atoms with van der Waals surface area (Å²) in [6, 6.07) is 8.29. The maximum Gasteiger partial charge on any atom is 0.416 e. The summed E-state index contributed by atoms with van der Waals surface area (Å²) in [6.45, 7) is 3.58. The number of pyridine rings is 1. The van der Waals surface area contributed by atoms with Crippen molar-refractivity contribution in [2.45, 2.75) is 12.7 Å². The number of nitrogens with one attached hydrogen (secondary N) is 1. The van der Waals surface area contributed by atoms with E-state index < -0.39 is 17.6 Å². The van der Waals surface area contributed by atoms with Gasteiger partial charge in [-0.05, 0) is 30.3 Å². The van der Waals surface area contributed by atoms with E-state index in [0.29, 0.717) is 18.8 Å². The van der Waals surface area contributed by atoms with Crippen LogP contribution in [0.15, 0.2) is 54.3 Å². The number of rotatable bonds is 5. The molecule has 3 heterocycles. The first-order chi connectivity index (χ1) is 14.9. The van der Waals surface area contributed by atoms with E-state index in [1.165, 1.54) is 23.2 Å². The van der Waals surface area contributed by atoms with Crippen molar-refractivity contribution in [1.29, 1.82) is 0 Å². The van der Waals surface area contributed by atoms with Crippen molar-refractivity contribution in [2.24, 2.45) is 0 Å². The molecule has 162 valence electrons. The molecule has 1 saturated heterocycles. The number of halogens is 3. The molecule has 3 aromatic rings. The van der Waals surface area contributed by atoms with Crippen LogP contribution in [-0.2, 0) is 12.7 Å². The molecule has 4 rings (SSSR count). The minimum Gasteiger partial charge on any atom is -0.367 e. The third-order valence-corrected chi connectivity index (χ3v) is 5.81. The van der Waals surface area contributed by atoms with Gasteiger partial charge in [-0.1, -0.05) is 6.07 Å². The van der Waals surface area contributed by atoms with Crippen LogP contribution in [0.5, 0.6) is 0 Å². The number of thiazole rings is 1. The van der Waals surface area contributed by atoms with Crippen LogP contribution < -0.4 is 10.2 Å². The molecule has 0 bridgehead atoms. The topological polar surface area (TPSA) is 61.4 Å². The number of carbonyl (C=O) groups is 1. The van der Waals surface area contributed by atoms with Crippen molar-refractivity contribution in [1.82, 2.24) is 14.9 Å². The van der Waals surface area contributed by atoms with Crippen molar-refractivity contribution >= 4 is 28.6 Å². The number of hydrogen-bond acceptors (Lipinski definition) is 6. The lowest BCUT2D eigenvalue weighted by atomic mass is 10.1. The highest BCUT2D eigenvalue weighted by Crippen LogP contribution is 2.36. The molecule has 6 nitrogen and oxygen atoms in total. The monoisotopic (exact) mass is 447 g/mol. The van der Waals surface area contributed by atoms with Crippen LogP contribution in [0.2, 0.25) is 0 Å². The van der Waals surface area contributed by atoms with Crippen molar-refractivity contribution in [3.05, 3.63) is 70.4 Å². The Kier molecular flexibility index (Phi) is 6.19. The molecule has 0 atom stereocenters. The number of benzene rings is 1. The molecule has 31 heavy (non-hydrogen) atoms. The second kappa shape index (κ2) is 9.03. The van der Waals surface area contributed by atoms with Gasteiger partial charge in [-0.2, -0.15) is 13.2 Å². The third kappa shape index (κ3) is 5.20. The van der Waals surface area contributed by atoms with E-state index in [1.807, 2.05) is 11.1 Å². The van der Waals surface area contributed by atoms with Gasteiger partial charge in [0.25, 0.3) is 5.91 Å². The standard InChI is InChI=1S/C21H20F3N5OS/c22-21(23,24)15-4-5-19(18(11-15)27-20(30)17-3-1-2-6-26-17)29-9-7-28(8-10-29)13-16-12-25-14-31-16/h1-6,11-12,14H,7-10,13H2,(H,27,30). The number of hydrogen-bond donors (Lipinski definition) is 1. The second-order valence-corrected chi connectivity index (χ2v) is 8.10. The summed E-state index contributed by atoms with van der Waals surface area (Å²) in [5.74, 6) is -0.551. The Labute approximate surface area is 181 Å². The van der Waals surface area contributed by atoms with Gasteiger partial charge in [-0.25, -0.2) is 0 Å². The van der Waals surface area contributed by atoms with E-state index in [-0.39, 0.29) is 11.4 Å². The van der Waals surface area contributed by atoms with Crippen LogP contribution in [0.1, 0.15) is 20.9 Å². The molecular formula is C21H20F3N5OS. The maximum atomic E-state index is 13.3. The van der Waals surface area contributed by atoms with E-state index in [0.717, 1.165) is 31.8 Å². The average molecular weight is 447 g/mol. The second-order valence-electron chi connectivity index (χ2n) is 7.13. The average Bonchev–Trinajstić information content (AvgIpc) is 3.27. The number of anilines is 2. The molecule has 1 aliphatic rings. The van der Waals surface area contributed by atoms with Gasteiger partial charge in [-0.3, -0.25) is 19.7 Å². The first-order valence-electron chi connectivity index (χ1n) is 9.68. The van der Waals surface area contributed by atoms with E-state index >= 15 is 0 Å². The molecule has 0 aliphatic carbocycles. The number of nitrogens with zero attached hydrogens (tertiary/aromatic N) is 4. The normalized spacial score (nSPS) is 15.1. The Hall–Kier alpha value is -2.98. The summed E-state index contributed by atoms with van der Waals surface area (Å²) in [6.07, 6.45) is -1.20. The lowest BCUT2D eigenvalue weighted by Crippen LogP contribution is -2.46. The molecule has 1 aromatic carbocycles. The number of aromatic nitrogens is 2. The largest absolute Gasteiger partial charge is 0.416 e. The highest BCUT2D eigenvalue weighted by molar-refractivity contribution is 7.09. The quantitative estimate of drug-likeness (QED) is 0.637. The van der Waals surface area contributed by atoms with E-state index in [2.05, 4.69) is 20.2 Å². The number of carbonyl (C=O) groups excluding carboxylic acids is 1. The van der Waals surface area contributed by atoms with Crippen LogP contribution in [0, 0.1) is 0 Å². The van der Waals surface area contributed by atoms with Gasteiger partial charge in [0.2, 0.25) is 0 Å². The fraction of sp³-hybridized carbons (Fsp3) is 0.286. The zero-order valence-electron chi connectivity index (χ0n) is 16.5. The van der Waals surface area contributed by atoms with Crippen molar-refractivity contribution < 1.29 is 18.0 Å². The Balaban J connectivity index is 1.53. The van der Waals surface area contributed by atoms with Crippen molar-refractivity contribution in [3.63, 3.8) is 0 Å². The van der Waals surface area contributed by atoms with Crippen LogP contribution >= 0.6 is 11.3 Å². The molecule has 1 fully saturated rings. The molecule has 1 amide bonds. The maximum absolute atomic E-state index is 13.3. The minimum absolute atomic E-state index is 0.126. The third-order valence-electron chi connectivity index (χ3n) is 5.05. The van der Waals surface area contributed by atoms with Crippen molar-refractivity contribution in [2.75, 3.05) is 36.4 Å². The Morgan fingerprint density at radius 2 is 1.94 bits per heavy atom. The number of amides is 1. The van der Waals surface area contributed by atoms with Gasteiger partial charge < -0.3 is 10.2 Å². The van der Waals surface area contributed by atoms with Crippen LogP contribution in [-0.4, -0.2) is 47.0 Å². The number of alkyl halides is 3. The lowest BCUT2D eigenvalue weighted by Gasteiger charge is -2.36. The molecule has 0 saturated carbocycles. The zero-order chi connectivity index (χ0) is 21.8. The summed E-state index contributed by atoms with van der Waals surface area (Å²) in [7, 11) is 0. The fourth-order valence-corrected chi connectivity index (χ4v) is 4.10. The first-order valence-corrected chi connectivity index (χ1v) is 10.6. The molecule has 1 N–H and O–H groups in total. The predicted molar refractivity (Wildman–Crippen MR) is 113 cm³/mol. The number of piperazine rings is 1. The molecule has 0 radical (unpaired) electrons. The molecule has 1 aliphatic heterocycles. The van der Waals surface area contributed by atoms with E-state index in [9.17, 15) is 18.0 Å². The first kappa shape index (κ1) is 21.3.